The van der Waals surface area contributed by atoms with Crippen molar-refractivity contribution in [1.82, 2.24) is 15.2 Å². The van der Waals surface area contributed by atoms with Gasteiger partial charge in [-0.1, -0.05) is 6.07 Å². The van der Waals surface area contributed by atoms with Crippen LogP contribution in [0.15, 0.2) is 29.0 Å². The fourth-order valence-corrected chi connectivity index (χ4v) is 2.87. The molecular formula is C16H15N3O5. The normalized spacial score (nSPS) is 22.2. The molecule has 1 atom stereocenters. The van der Waals surface area contributed by atoms with Crippen molar-refractivity contribution in [2.45, 2.75) is 25.9 Å². The van der Waals surface area contributed by atoms with Crippen LogP contribution in [0.1, 0.15) is 23.9 Å². The van der Waals surface area contributed by atoms with Crippen LogP contribution >= 0.6 is 0 Å². The molecule has 0 aliphatic carbocycles. The van der Waals surface area contributed by atoms with Gasteiger partial charge in [-0.25, -0.2) is 9.78 Å². The zero-order chi connectivity index (χ0) is 16.9. The Hall–Kier alpha value is -3.03. The zero-order valence-electron chi connectivity index (χ0n) is 13.2. The Kier molecular flexibility index (Phi) is 3.02. The lowest BCUT2D eigenvalue weighted by molar-refractivity contribution is -0.131. The lowest BCUT2D eigenvalue weighted by atomic mass is 9.91. The van der Waals surface area contributed by atoms with Crippen LogP contribution in [0.25, 0.3) is 0 Å². The molecule has 4 rings (SSSR count). The summed E-state index contributed by atoms with van der Waals surface area (Å²) in [5, 5.41) is 2.75. The van der Waals surface area contributed by atoms with Gasteiger partial charge in [-0.05, 0) is 31.5 Å². The van der Waals surface area contributed by atoms with E-state index in [1.807, 2.05) is 0 Å². The van der Waals surface area contributed by atoms with Gasteiger partial charge < -0.3 is 19.2 Å². The van der Waals surface area contributed by atoms with Crippen LogP contribution in [0.5, 0.6) is 11.5 Å². The first kappa shape index (κ1) is 14.6. The van der Waals surface area contributed by atoms with E-state index < -0.39 is 11.6 Å². The van der Waals surface area contributed by atoms with Crippen molar-refractivity contribution in [3.8, 4) is 11.5 Å². The first-order valence-corrected chi connectivity index (χ1v) is 7.42. The van der Waals surface area contributed by atoms with Gasteiger partial charge >= 0.3 is 6.03 Å². The molecule has 1 N–H and O–H groups in total. The van der Waals surface area contributed by atoms with Gasteiger partial charge in [0.15, 0.2) is 17.9 Å². The molecule has 0 bridgehead atoms. The van der Waals surface area contributed by atoms with E-state index >= 15 is 0 Å². The average Bonchev–Trinajstić information content (AvgIpc) is 3.23. The second-order valence-corrected chi connectivity index (χ2v) is 5.88. The van der Waals surface area contributed by atoms with Gasteiger partial charge in [-0.2, -0.15) is 0 Å². The lowest BCUT2D eigenvalue weighted by Gasteiger charge is -2.22. The third-order valence-corrected chi connectivity index (χ3v) is 4.37. The molecule has 1 saturated heterocycles. The van der Waals surface area contributed by atoms with Crippen LogP contribution in [0.3, 0.4) is 0 Å². The van der Waals surface area contributed by atoms with E-state index in [-0.39, 0.29) is 19.2 Å². The Bertz CT molecular complexity index is 846. The number of ether oxygens (including phenoxy) is 2. The molecule has 8 heteroatoms. The molecule has 3 amide bonds. The summed E-state index contributed by atoms with van der Waals surface area (Å²) in [7, 11) is 0. The van der Waals surface area contributed by atoms with E-state index in [0.717, 1.165) is 4.90 Å². The van der Waals surface area contributed by atoms with E-state index in [0.29, 0.717) is 28.5 Å². The average molecular weight is 329 g/mol. The van der Waals surface area contributed by atoms with Crippen molar-refractivity contribution in [1.29, 1.82) is 0 Å². The Morgan fingerprint density at radius 3 is 2.83 bits per heavy atom. The summed E-state index contributed by atoms with van der Waals surface area (Å²) >= 11 is 0. The topological polar surface area (TPSA) is 93.9 Å². The second-order valence-electron chi connectivity index (χ2n) is 5.88. The Balaban J connectivity index is 1.65. The van der Waals surface area contributed by atoms with E-state index in [2.05, 4.69) is 10.3 Å². The highest BCUT2D eigenvalue weighted by Crippen LogP contribution is 2.38. The quantitative estimate of drug-likeness (QED) is 0.861. The van der Waals surface area contributed by atoms with Crippen molar-refractivity contribution in [2.24, 2.45) is 0 Å². The Morgan fingerprint density at radius 2 is 2.08 bits per heavy atom. The predicted molar refractivity (Wildman–Crippen MR) is 80.2 cm³/mol. The van der Waals surface area contributed by atoms with Gasteiger partial charge in [-0.15, -0.1) is 0 Å². The minimum atomic E-state index is -1.17. The van der Waals surface area contributed by atoms with Crippen molar-refractivity contribution in [3.05, 3.63) is 41.6 Å². The number of oxazole rings is 1. The number of aromatic nitrogens is 1. The van der Waals surface area contributed by atoms with Crippen LogP contribution in [0.2, 0.25) is 0 Å². The van der Waals surface area contributed by atoms with E-state index in [1.54, 1.807) is 32.0 Å². The number of carbonyl (C=O) groups is 2. The largest absolute Gasteiger partial charge is 0.454 e. The molecule has 124 valence electrons. The molecule has 0 saturated carbocycles. The van der Waals surface area contributed by atoms with Gasteiger partial charge in [0.25, 0.3) is 5.91 Å². The van der Waals surface area contributed by atoms with Crippen LogP contribution in [0.4, 0.5) is 4.79 Å². The van der Waals surface area contributed by atoms with Crippen LogP contribution in [-0.2, 0) is 16.9 Å². The first-order chi connectivity index (χ1) is 11.5. The number of imide groups is 1. The first-order valence-electron chi connectivity index (χ1n) is 7.42. The molecule has 0 spiro atoms. The van der Waals surface area contributed by atoms with Crippen LogP contribution in [0, 0.1) is 6.92 Å². The molecule has 2 aliphatic heterocycles. The smallest absolute Gasteiger partial charge is 0.325 e. The molecule has 1 aromatic carbocycles. The summed E-state index contributed by atoms with van der Waals surface area (Å²) < 4.78 is 15.9. The van der Waals surface area contributed by atoms with Gasteiger partial charge in [0.1, 0.15) is 11.3 Å². The molecule has 1 aromatic heterocycles. The number of nitrogens with one attached hydrogen (secondary N) is 1. The number of amides is 3. The monoisotopic (exact) mass is 329 g/mol. The highest BCUT2D eigenvalue weighted by Gasteiger charge is 2.49. The summed E-state index contributed by atoms with van der Waals surface area (Å²) in [6, 6.07) is 4.71. The third-order valence-electron chi connectivity index (χ3n) is 4.37. The molecule has 2 aromatic rings. The number of benzene rings is 1. The standard InChI is InChI=1S/C16H15N3O5/c1-9-13(22-7-17-9)6-19-14(20)16(2,18-15(19)21)10-3-4-11-12(5-10)24-8-23-11/h3-5,7H,6,8H2,1-2H3,(H,18,21). The maximum absolute atomic E-state index is 12.9. The Labute approximate surface area is 137 Å². The maximum Gasteiger partial charge on any atom is 0.325 e. The maximum atomic E-state index is 12.9. The third kappa shape index (κ3) is 2.03. The molecule has 24 heavy (non-hydrogen) atoms. The Morgan fingerprint density at radius 1 is 1.29 bits per heavy atom. The molecular weight excluding hydrogens is 314 g/mol. The van der Waals surface area contributed by atoms with Gasteiger partial charge in [0.2, 0.25) is 6.79 Å². The number of hydrogen-bond acceptors (Lipinski definition) is 6. The van der Waals surface area contributed by atoms with Crippen molar-refractivity contribution in [2.75, 3.05) is 6.79 Å². The van der Waals surface area contributed by atoms with Crippen molar-refractivity contribution >= 4 is 11.9 Å². The summed E-state index contributed by atoms with van der Waals surface area (Å²) in [5.41, 5.74) is 0.0978. The van der Waals surface area contributed by atoms with E-state index in [9.17, 15) is 9.59 Å². The van der Waals surface area contributed by atoms with Crippen molar-refractivity contribution < 1.29 is 23.5 Å². The summed E-state index contributed by atoms with van der Waals surface area (Å²) in [6.45, 7) is 3.61. The number of aryl methyl sites for hydroxylation is 1. The highest BCUT2D eigenvalue weighted by molar-refractivity contribution is 6.07. The summed E-state index contributed by atoms with van der Waals surface area (Å²) in [5.74, 6) is 1.30. The van der Waals surface area contributed by atoms with Gasteiger partial charge in [0.05, 0.1) is 12.2 Å². The SMILES string of the molecule is Cc1ncoc1CN1C(=O)NC(C)(c2ccc3c(c2)OCO3)C1=O. The highest BCUT2D eigenvalue weighted by atomic mass is 16.7. The van der Waals surface area contributed by atoms with Crippen LogP contribution < -0.4 is 14.8 Å². The number of nitrogens with zero attached hydrogens (tertiary/aromatic N) is 2. The molecule has 3 heterocycles. The van der Waals surface area contributed by atoms with Crippen molar-refractivity contribution in [3.63, 3.8) is 0 Å². The van der Waals surface area contributed by atoms with E-state index in [4.69, 9.17) is 13.9 Å². The van der Waals surface area contributed by atoms with Gasteiger partial charge in [0, 0.05) is 0 Å². The van der Waals surface area contributed by atoms with Gasteiger partial charge in [-0.3, -0.25) is 9.69 Å². The fourth-order valence-electron chi connectivity index (χ4n) is 2.87. The summed E-state index contributed by atoms with van der Waals surface area (Å²) in [4.78, 5) is 30.3. The van der Waals surface area contributed by atoms with Crippen LogP contribution in [-0.4, -0.2) is 28.6 Å². The number of hydrogen-bond donors (Lipinski definition) is 1. The predicted octanol–water partition coefficient (Wildman–Crippen LogP) is 1.68. The number of carbonyl (C=O) groups excluding carboxylic acids is 2. The molecule has 2 aliphatic rings. The molecule has 1 unspecified atom stereocenters. The lowest BCUT2D eigenvalue weighted by Crippen LogP contribution is -2.40. The number of rotatable bonds is 3. The number of fused-ring (bicyclic) bond motifs is 1. The molecule has 0 radical (unpaired) electrons. The molecule has 1 fully saturated rings. The minimum Gasteiger partial charge on any atom is -0.454 e. The fraction of sp³-hybridized carbons (Fsp3) is 0.312. The van der Waals surface area contributed by atoms with E-state index in [1.165, 1.54) is 6.39 Å². The summed E-state index contributed by atoms with van der Waals surface area (Å²) in [6.07, 6.45) is 1.29. The molecule has 8 nitrogen and oxygen atoms in total. The minimum absolute atomic E-state index is 0.0383. The number of urea groups is 1. The second kappa shape index (κ2) is 4.98. The zero-order valence-corrected chi connectivity index (χ0v) is 13.2.